The van der Waals surface area contributed by atoms with Crippen LogP contribution in [0.3, 0.4) is 0 Å². The molecule has 1 aliphatic rings. The van der Waals surface area contributed by atoms with Crippen molar-refractivity contribution in [3.63, 3.8) is 0 Å². The topological polar surface area (TPSA) is 46.2 Å². The van der Waals surface area contributed by atoms with Crippen molar-refractivity contribution in [2.75, 3.05) is 19.6 Å². The summed E-state index contributed by atoms with van der Waals surface area (Å²) in [6.45, 7) is 10.5. The fourth-order valence-corrected chi connectivity index (χ4v) is 1.53. The van der Waals surface area contributed by atoms with Gasteiger partial charge in [-0.25, -0.2) is 4.79 Å². The molecule has 4 nitrogen and oxygen atoms in total. The molecule has 1 amide bonds. The molecule has 1 aliphatic heterocycles. The van der Waals surface area contributed by atoms with Crippen LogP contribution in [0.15, 0.2) is 0 Å². The van der Waals surface area contributed by atoms with E-state index in [0.29, 0.717) is 0 Å². The van der Waals surface area contributed by atoms with Crippen molar-refractivity contribution in [1.82, 2.24) is 4.90 Å². The Morgan fingerprint density at radius 2 is 2.14 bits per heavy atom. The van der Waals surface area contributed by atoms with Crippen LogP contribution in [0.4, 0.5) is 4.79 Å². The van der Waals surface area contributed by atoms with Crippen molar-refractivity contribution in [2.45, 2.75) is 39.3 Å². The average Bonchev–Trinajstić information content (AvgIpc) is 2.01. The second-order valence-corrected chi connectivity index (χ2v) is 4.84. The Morgan fingerprint density at radius 3 is 2.64 bits per heavy atom. The lowest BCUT2D eigenvalue weighted by molar-refractivity contribution is -0.667. The van der Waals surface area contributed by atoms with Gasteiger partial charge in [0.15, 0.2) is 0 Å². The molecule has 0 aliphatic carbocycles. The molecule has 1 rings (SSSR count). The largest absolute Gasteiger partial charge is 0.444 e. The van der Waals surface area contributed by atoms with Gasteiger partial charge < -0.3 is 10.1 Å². The third-order valence-electron chi connectivity index (χ3n) is 2.24. The lowest BCUT2D eigenvalue weighted by Gasteiger charge is -2.33. The molecule has 0 aromatic heterocycles. The third kappa shape index (κ3) is 3.18. The summed E-state index contributed by atoms with van der Waals surface area (Å²) in [6.07, 6.45) is -0.182. The van der Waals surface area contributed by atoms with Crippen LogP contribution in [0.25, 0.3) is 0 Å². The van der Waals surface area contributed by atoms with Crippen LogP contribution >= 0.6 is 0 Å². The van der Waals surface area contributed by atoms with Gasteiger partial charge in [0.05, 0.1) is 25.7 Å². The summed E-state index contributed by atoms with van der Waals surface area (Å²) in [4.78, 5) is 13.5. The van der Waals surface area contributed by atoms with Crippen molar-refractivity contribution in [2.24, 2.45) is 0 Å². The fourth-order valence-electron chi connectivity index (χ4n) is 1.53. The van der Waals surface area contributed by atoms with E-state index in [-0.39, 0.29) is 12.1 Å². The number of carbonyl (C=O) groups excluding carboxylic acids is 1. The van der Waals surface area contributed by atoms with E-state index in [2.05, 4.69) is 12.2 Å². The van der Waals surface area contributed by atoms with E-state index >= 15 is 0 Å². The molecule has 4 heteroatoms. The zero-order valence-corrected chi connectivity index (χ0v) is 9.54. The van der Waals surface area contributed by atoms with Crippen LogP contribution in [0.5, 0.6) is 0 Å². The quantitative estimate of drug-likeness (QED) is 0.608. The van der Waals surface area contributed by atoms with Crippen LogP contribution in [0.2, 0.25) is 0 Å². The highest BCUT2D eigenvalue weighted by Gasteiger charge is 2.29. The minimum Gasteiger partial charge on any atom is -0.444 e. The van der Waals surface area contributed by atoms with Gasteiger partial charge in [-0.1, -0.05) is 0 Å². The molecule has 0 spiro atoms. The van der Waals surface area contributed by atoms with E-state index in [1.165, 1.54) is 0 Å². The first-order valence-electron chi connectivity index (χ1n) is 5.21. The van der Waals surface area contributed by atoms with E-state index in [9.17, 15) is 4.79 Å². The van der Waals surface area contributed by atoms with Gasteiger partial charge in [-0.05, 0) is 27.7 Å². The number of rotatable bonds is 0. The van der Waals surface area contributed by atoms with Crippen molar-refractivity contribution in [3.8, 4) is 0 Å². The smallest absolute Gasteiger partial charge is 0.410 e. The molecule has 1 heterocycles. The summed E-state index contributed by atoms with van der Waals surface area (Å²) in [5.74, 6) is 0. The Kier molecular flexibility index (Phi) is 3.37. The van der Waals surface area contributed by atoms with Gasteiger partial charge in [-0.3, -0.25) is 4.90 Å². The molecule has 82 valence electrons. The van der Waals surface area contributed by atoms with Crippen molar-refractivity contribution >= 4 is 6.09 Å². The maximum Gasteiger partial charge on any atom is 0.410 e. The van der Waals surface area contributed by atoms with Crippen molar-refractivity contribution in [1.29, 1.82) is 0 Å². The molecular formula is C10H21N2O2+. The van der Waals surface area contributed by atoms with Crippen LogP contribution in [0.1, 0.15) is 27.7 Å². The van der Waals surface area contributed by atoms with E-state index in [4.69, 9.17) is 4.74 Å². The Bertz CT molecular complexity index is 211. The first-order chi connectivity index (χ1) is 6.40. The van der Waals surface area contributed by atoms with Gasteiger partial charge >= 0.3 is 6.09 Å². The molecule has 0 saturated carbocycles. The molecular weight excluding hydrogens is 180 g/mol. The van der Waals surface area contributed by atoms with Crippen LogP contribution in [-0.2, 0) is 4.74 Å². The summed E-state index contributed by atoms with van der Waals surface area (Å²) in [7, 11) is 0. The van der Waals surface area contributed by atoms with Crippen molar-refractivity contribution < 1.29 is 14.8 Å². The maximum absolute atomic E-state index is 11.7. The van der Waals surface area contributed by atoms with Gasteiger partial charge in [0.2, 0.25) is 0 Å². The van der Waals surface area contributed by atoms with Gasteiger partial charge in [0.1, 0.15) is 5.60 Å². The van der Waals surface area contributed by atoms with Gasteiger partial charge in [-0.15, -0.1) is 0 Å². The van der Waals surface area contributed by atoms with Gasteiger partial charge in [0.25, 0.3) is 0 Å². The molecule has 0 aromatic carbocycles. The summed E-state index contributed by atoms with van der Waals surface area (Å²) in [5.41, 5.74) is -0.391. The number of hydrogen-bond donors (Lipinski definition) is 1. The SMILES string of the molecule is C[C@H]1C[NH2+]CCN1C(=O)OC(C)(C)C. The predicted octanol–water partition coefficient (Wildman–Crippen LogP) is 0.189. The second-order valence-electron chi connectivity index (χ2n) is 4.84. The highest BCUT2D eigenvalue weighted by atomic mass is 16.6. The average molecular weight is 201 g/mol. The molecule has 1 saturated heterocycles. The lowest BCUT2D eigenvalue weighted by Crippen LogP contribution is -2.91. The zero-order chi connectivity index (χ0) is 10.8. The normalized spacial score (nSPS) is 23.4. The molecule has 0 aromatic rings. The first kappa shape index (κ1) is 11.3. The summed E-state index contributed by atoms with van der Waals surface area (Å²) in [5, 5.41) is 2.23. The highest BCUT2D eigenvalue weighted by Crippen LogP contribution is 2.11. The maximum atomic E-state index is 11.7. The van der Waals surface area contributed by atoms with Crippen molar-refractivity contribution in [3.05, 3.63) is 0 Å². The Hall–Kier alpha value is -0.770. The monoisotopic (exact) mass is 201 g/mol. The number of piperazine rings is 1. The lowest BCUT2D eigenvalue weighted by atomic mass is 10.2. The number of hydrogen-bond acceptors (Lipinski definition) is 2. The van der Waals surface area contributed by atoms with Gasteiger partial charge in [0, 0.05) is 0 Å². The molecule has 0 bridgehead atoms. The fraction of sp³-hybridized carbons (Fsp3) is 0.900. The molecule has 1 fully saturated rings. The zero-order valence-electron chi connectivity index (χ0n) is 9.54. The number of carbonyl (C=O) groups is 1. The van der Waals surface area contributed by atoms with Gasteiger partial charge in [-0.2, -0.15) is 0 Å². The summed E-state index contributed by atoms with van der Waals surface area (Å²) >= 11 is 0. The Morgan fingerprint density at radius 1 is 1.50 bits per heavy atom. The Balaban J connectivity index is 2.50. The van der Waals surface area contributed by atoms with Crippen LogP contribution in [0, 0.1) is 0 Å². The summed E-state index contributed by atoms with van der Waals surface area (Å²) in [6, 6.07) is 0.276. The van der Waals surface area contributed by atoms with Crippen LogP contribution in [-0.4, -0.2) is 42.3 Å². The molecule has 1 atom stereocenters. The third-order valence-corrected chi connectivity index (χ3v) is 2.24. The minimum absolute atomic E-state index is 0.182. The summed E-state index contributed by atoms with van der Waals surface area (Å²) < 4.78 is 5.32. The highest BCUT2D eigenvalue weighted by molar-refractivity contribution is 5.68. The standard InChI is InChI=1S/C10H20N2O2/c1-8-7-11-5-6-12(8)9(13)14-10(2,3)4/h8,11H,5-7H2,1-4H3/p+1/t8-/m0/s1. The Labute approximate surface area is 85.6 Å². The van der Waals surface area contributed by atoms with E-state index in [1.54, 1.807) is 0 Å². The van der Waals surface area contributed by atoms with E-state index in [1.807, 2.05) is 25.7 Å². The minimum atomic E-state index is -0.391. The number of quaternary nitrogens is 1. The molecule has 2 N–H and O–H groups in total. The molecule has 0 unspecified atom stereocenters. The predicted molar refractivity (Wildman–Crippen MR) is 54.1 cm³/mol. The molecule has 14 heavy (non-hydrogen) atoms. The van der Waals surface area contributed by atoms with E-state index in [0.717, 1.165) is 19.6 Å². The second kappa shape index (κ2) is 4.17. The number of nitrogens with two attached hydrogens (primary N) is 1. The number of amides is 1. The first-order valence-corrected chi connectivity index (χ1v) is 5.21. The number of nitrogens with zero attached hydrogens (tertiary/aromatic N) is 1. The van der Waals surface area contributed by atoms with Crippen LogP contribution < -0.4 is 5.32 Å². The molecule has 0 radical (unpaired) electrons. The number of ether oxygens (including phenoxy) is 1. The van der Waals surface area contributed by atoms with E-state index < -0.39 is 5.60 Å².